The van der Waals surface area contributed by atoms with Gasteiger partial charge in [-0.15, -0.1) is 6.42 Å². The molecule has 0 unspecified atom stereocenters. The second-order valence-corrected chi connectivity index (χ2v) is 3.36. The van der Waals surface area contributed by atoms with Crippen molar-refractivity contribution in [2.75, 3.05) is 20.2 Å². The lowest BCUT2D eigenvalue weighted by Gasteiger charge is -2.23. The smallest absolute Gasteiger partial charge is 0.105 e. The summed E-state index contributed by atoms with van der Waals surface area (Å²) in [5, 5.41) is 0. The molecule has 0 heterocycles. The zero-order chi connectivity index (χ0) is 12.9. The van der Waals surface area contributed by atoms with E-state index in [-0.39, 0.29) is 0 Å². The molecule has 80 valence electrons. The molecule has 1 nitrogen and oxygen atoms in total. The van der Waals surface area contributed by atoms with Gasteiger partial charge >= 0.3 is 0 Å². The third-order valence-electron chi connectivity index (χ3n) is 2.28. The molecular formula is C13H16FN. The van der Waals surface area contributed by atoms with Crippen molar-refractivity contribution in [2.45, 2.75) is 12.5 Å². The number of benzene rings is 1. The van der Waals surface area contributed by atoms with Crippen molar-refractivity contribution < 1.29 is 7.13 Å². The number of rotatable bonds is 5. The molecule has 1 atom stereocenters. The van der Waals surface area contributed by atoms with Crippen molar-refractivity contribution in [1.29, 1.82) is 0 Å². The van der Waals surface area contributed by atoms with E-state index in [4.69, 9.17) is 9.16 Å². The Morgan fingerprint density at radius 1 is 1.53 bits per heavy atom. The van der Waals surface area contributed by atoms with Gasteiger partial charge in [0.15, 0.2) is 0 Å². The normalized spacial score (nSPS) is 15.3. The van der Waals surface area contributed by atoms with Crippen LogP contribution in [0.3, 0.4) is 0 Å². The van der Waals surface area contributed by atoms with Crippen molar-refractivity contribution >= 4 is 0 Å². The molecule has 2 heteroatoms. The van der Waals surface area contributed by atoms with Gasteiger partial charge in [-0.1, -0.05) is 36.3 Å². The number of terminal acetylenes is 1. The highest BCUT2D eigenvalue weighted by Crippen LogP contribution is 2.08. The Morgan fingerprint density at radius 3 is 2.73 bits per heavy atom. The van der Waals surface area contributed by atoms with Gasteiger partial charge in [-0.25, -0.2) is 4.39 Å². The van der Waals surface area contributed by atoms with Crippen LogP contribution in [0.1, 0.15) is 8.30 Å². The van der Waals surface area contributed by atoms with Crippen LogP contribution in [-0.4, -0.2) is 31.2 Å². The maximum atomic E-state index is 13.0. The minimum absolute atomic E-state index is 0.440. The van der Waals surface area contributed by atoms with Gasteiger partial charge in [0.25, 0.3) is 0 Å². The lowest BCUT2D eigenvalue weighted by molar-refractivity contribution is 0.220. The predicted molar refractivity (Wildman–Crippen MR) is 61.4 cm³/mol. The monoisotopic (exact) mass is 207 g/mol. The summed E-state index contributed by atoms with van der Waals surface area (Å²) in [6, 6.07) is 8.87. The molecule has 0 amide bonds. The molecule has 0 aliphatic carbocycles. The molecule has 1 aromatic rings. The van der Waals surface area contributed by atoms with Gasteiger partial charge in [-0.2, -0.15) is 0 Å². The molecule has 0 aromatic heterocycles. The van der Waals surface area contributed by atoms with Crippen molar-refractivity contribution in [3.63, 3.8) is 0 Å². The molecule has 0 saturated carbocycles. The van der Waals surface area contributed by atoms with Gasteiger partial charge in [-0.05, 0) is 19.0 Å². The standard InChI is InChI=1S/C13H16FN/c1-3-9-15(2)13(11-14)10-12-7-5-4-6-8-12/h1,4-8,13H,9-11H2,2H3/t13-/m0/s1/i9D2,14+0. The zero-order valence-corrected chi connectivity index (χ0v) is 8.78. The fourth-order valence-corrected chi connectivity index (χ4v) is 1.37. The summed E-state index contributed by atoms with van der Waals surface area (Å²) in [6.45, 7) is -2.56. The van der Waals surface area contributed by atoms with E-state index in [1.54, 1.807) is 0 Å². The summed E-state index contributed by atoms with van der Waals surface area (Å²) >= 11 is 0. The second kappa shape index (κ2) is 6.21. The van der Waals surface area contributed by atoms with E-state index in [1.165, 1.54) is 11.9 Å². The van der Waals surface area contributed by atoms with E-state index in [1.807, 2.05) is 36.3 Å². The average molecular weight is 207 g/mol. The Bertz CT molecular complexity index is 386. The van der Waals surface area contributed by atoms with E-state index >= 15 is 0 Å². The number of halogens is 1. The SMILES string of the molecule is [2H]C([2H])(C#C)N(C)[C@H](C[19F])Cc1ccccc1. The molecule has 0 saturated heterocycles. The predicted octanol–water partition coefficient (Wildman–Crippen LogP) is 2.13. The van der Waals surface area contributed by atoms with Gasteiger partial charge in [-0.3, -0.25) is 4.90 Å². The number of alkyl halides is 1. The number of likely N-dealkylation sites (N-methyl/N-ethyl adjacent to an activating group) is 1. The Balaban J connectivity index is 2.77. The van der Waals surface area contributed by atoms with Crippen LogP contribution in [0.2, 0.25) is 0 Å². The van der Waals surface area contributed by atoms with Crippen LogP contribution in [0.5, 0.6) is 0 Å². The highest BCUT2D eigenvalue weighted by Gasteiger charge is 2.13. The topological polar surface area (TPSA) is 3.24 Å². The average Bonchev–Trinajstić information content (AvgIpc) is 2.36. The first-order chi connectivity index (χ1) is 8.01. The summed E-state index contributed by atoms with van der Waals surface area (Å²) in [5.74, 6) is 2.03. The third kappa shape index (κ3) is 3.73. The Morgan fingerprint density at radius 2 is 2.20 bits per heavy atom. The van der Waals surface area contributed by atoms with Gasteiger partial charge in [0, 0.05) is 6.04 Å². The zero-order valence-electron chi connectivity index (χ0n) is 10.8. The van der Waals surface area contributed by atoms with Crippen molar-refractivity contribution in [2.24, 2.45) is 0 Å². The molecule has 0 radical (unpaired) electrons. The quantitative estimate of drug-likeness (QED) is 0.669. The third-order valence-corrected chi connectivity index (χ3v) is 2.28. The van der Waals surface area contributed by atoms with Crippen molar-refractivity contribution in [3.8, 4) is 12.3 Å². The summed E-state index contributed by atoms with van der Waals surface area (Å²) < 4.78 is 28.1. The van der Waals surface area contributed by atoms with E-state index in [9.17, 15) is 4.39 Å². The van der Waals surface area contributed by atoms with Crippen LogP contribution >= 0.6 is 0 Å². The van der Waals surface area contributed by atoms with E-state index in [2.05, 4.69) is 0 Å². The molecule has 15 heavy (non-hydrogen) atoms. The Labute approximate surface area is 93.7 Å². The number of nitrogens with zero attached hydrogens (tertiary/aromatic N) is 1. The maximum Gasteiger partial charge on any atom is 0.105 e. The van der Waals surface area contributed by atoms with E-state index in [0.717, 1.165) is 5.56 Å². The molecule has 1 aromatic carbocycles. The summed E-state index contributed by atoms with van der Waals surface area (Å²) in [5.41, 5.74) is 0.967. The fourth-order valence-electron chi connectivity index (χ4n) is 1.37. The minimum atomic E-state index is -1.93. The Hall–Kier alpha value is -1.33. The maximum absolute atomic E-state index is 13.0. The van der Waals surface area contributed by atoms with Crippen molar-refractivity contribution in [1.82, 2.24) is 4.90 Å². The fraction of sp³-hybridized carbons (Fsp3) is 0.385. The first-order valence-electron chi connectivity index (χ1n) is 5.82. The van der Waals surface area contributed by atoms with E-state index < -0.39 is 19.2 Å². The molecule has 0 bridgehead atoms. The number of hydrogen-bond acceptors (Lipinski definition) is 1. The first-order valence-corrected chi connectivity index (χ1v) is 4.82. The highest BCUT2D eigenvalue weighted by molar-refractivity contribution is 5.16. The lowest BCUT2D eigenvalue weighted by Crippen LogP contribution is -2.35. The largest absolute Gasteiger partial charge is 0.289 e. The molecule has 0 N–H and O–H groups in total. The summed E-state index contributed by atoms with van der Waals surface area (Å²) in [6.07, 6.45) is 5.54. The van der Waals surface area contributed by atoms with Crippen LogP contribution in [0.15, 0.2) is 30.3 Å². The van der Waals surface area contributed by atoms with Crippen LogP contribution < -0.4 is 0 Å². The second-order valence-electron chi connectivity index (χ2n) is 3.36. The molecule has 0 aliphatic rings. The molecule has 0 spiro atoms. The van der Waals surface area contributed by atoms with Crippen LogP contribution in [0.25, 0.3) is 0 Å². The summed E-state index contributed by atoms with van der Waals surface area (Å²) in [7, 11) is 1.51. The number of hydrogen-bond donors (Lipinski definition) is 0. The van der Waals surface area contributed by atoms with Crippen LogP contribution in [-0.2, 0) is 6.42 Å². The van der Waals surface area contributed by atoms with Gasteiger partial charge in [0.2, 0.25) is 0 Å². The lowest BCUT2D eigenvalue weighted by atomic mass is 10.1. The molecule has 0 aliphatic heterocycles. The molecule has 0 fully saturated rings. The first kappa shape index (κ1) is 8.94. The van der Waals surface area contributed by atoms with E-state index in [0.29, 0.717) is 6.42 Å². The van der Waals surface area contributed by atoms with Crippen molar-refractivity contribution in [3.05, 3.63) is 35.9 Å². The summed E-state index contributed by atoms with van der Waals surface area (Å²) in [4.78, 5) is 1.26. The Kier molecular flexibility index (Phi) is 3.70. The van der Waals surface area contributed by atoms with Gasteiger partial charge < -0.3 is 0 Å². The van der Waals surface area contributed by atoms with Gasteiger partial charge in [0.05, 0.1) is 9.24 Å². The van der Waals surface area contributed by atoms with Crippen LogP contribution in [0, 0.1) is 12.3 Å². The van der Waals surface area contributed by atoms with Crippen LogP contribution in [0.4, 0.5) is 4.39 Å². The van der Waals surface area contributed by atoms with Gasteiger partial charge in [0.1, 0.15) is 6.67 Å². The minimum Gasteiger partial charge on any atom is -0.289 e. The highest BCUT2D eigenvalue weighted by atomic mass is 19.1. The molecule has 1 rings (SSSR count). The molecular weight excluding hydrogens is 189 g/mol.